The second-order valence-corrected chi connectivity index (χ2v) is 4.52. The van der Waals surface area contributed by atoms with Crippen molar-refractivity contribution < 1.29 is 14.0 Å². The van der Waals surface area contributed by atoms with Gasteiger partial charge in [-0.2, -0.15) is 0 Å². The molecule has 0 N–H and O–H groups in total. The van der Waals surface area contributed by atoms with Gasteiger partial charge in [0, 0.05) is 24.9 Å². The van der Waals surface area contributed by atoms with E-state index in [1.807, 2.05) is 18.2 Å². The van der Waals surface area contributed by atoms with Crippen LogP contribution in [0.2, 0.25) is 0 Å². The van der Waals surface area contributed by atoms with Crippen LogP contribution < -0.4 is 4.90 Å². The van der Waals surface area contributed by atoms with Gasteiger partial charge in [-0.3, -0.25) is 14.6 Å². The molecule has 0 aliphatic carbocycles. The number of halogens is 1. The number of anilines is 1. The van der Waals surface area contributed by atoms with Crippen LogP contribution in [0.3, 0.4) is 0 Å². The minimum atomic E-state index is -0.652. The molecule has 1 aromatic heterocycles. The molecule has 2 aromatic rings. The van der Waals surface area contributed by atoms with Crippen molar-refractivity contribution in [2.75, 3.05) is 11.4 Å². The number of hydrogen-bond donors (Lipinski definition) is 0. The van der Waals surface area contributed by atoms with E-state index in [1.165, 1.54) is 17.0 Å². The lowest BCUT2D eigenvalue weighted by atomic mass is 10.1. The van der Waals surface area contributed by atoms with Crippen LogP contribution in [0.1, 0.15) is 16.1 Å². The molecule has 1 aliphatic heterocycles. The zero-order valence-corrected chi connectivity index (χ0v) is 10.5. The van der Waals surface area contributed by atoms with E-state index in [9.17, 15) is 14.0 Å². The van der Waals surface area contributed by atoms with E-state index >= 15 is 0 Å². The van der Waals surface area contributed by atoms with Gasteiger partial charge in [-0.25, -0.2) is 4.39 Å². The number of pyridine rings is 1. The fraction of sp³-hybridized carbons (Fsp3) is 0.133. The van der Waals surface area contributed by atoms with Gasteiger partial charge in [0.2, 0.25) is 0 Å². The Labute approximate surface area is 114 Å². The number of nitrogens with zero attached hydrogens (tertiary/aromatic N) is 2. The van der Waals surface area contributed by atoms with Crippen LogP contribution in [0.5, 0.6) is 0 Å². The van der Waals surface area contributed by atoms with Crippen molar-refractivity contribution in [3.63, 3.8) is 0 Å². The Morgan fingerprint density at radius 1 is 1.15 bits per heavy atom. The average Bonchev–Trinajstić information content (AvgIpc) is 2.70. The highest BCUT2D eigenvalue weighted by molar-refractivity contribution is 6.52. The molecule has 1 aromatic carbocycles. The maximum absolute atomic E-state index is 13.1. The summed E-state index contributed by atoms with van der Waals surface area (Å²) in [5.41, 5.74) is 1.44. The zero-order valence-electron chi connectivity index (χ0n) is 10.5. The van der Waals surface area contributed by atoms with E-state index in [0.717, 1.165) is 11.8 Å². The lowest BCUT2D eigenvalue weighted by Gasteiger charge is -2.15. The van der Waals surface area contributed by atoms with Crippen LogP contribution in [-0.4, -0.2) is 23.2 Å². The van der Waals surface area contributed by atoms with Crippen LogP contribution >= 0.6 is 0 Å². The topological polar surface area (TPSA) is 50.3 Å². The van der Waals surface area contributed by atoms with Crippen LogP contribution in [0, 0.1) is 5.82 Å². The van der Waals surface area contributed by atoms with Crippen molar-refractivity contribution in [1.29, 1.82) is 0 Å². The summed E-state index contributed by atoms with van der Waals surface area (Å²) >= 11 is 0. The fourth-order valence-electron chi connectivity index (χ4n) is 2.27. The Morgan fingerprint density at radius 3 is 2.75 bits per heavy atom. The van der Waals surface area contributed by atoms with Crippen LogP contribution in [-0.2, 0) is 11.2 Å². The van der Waals surface area contributed by atoms with Gasteiger partial charge in [0.05, 0.1) is 11.3 Å². The van der Waals surface area contributed by atoms with Crippen molar-refractivity contribution in [3.05, 3.63) is 59.7 Å². The Hall–Kier alpha value is -2.56. The molecule has 0 fully saturated rings. The first kappa shape index (κ1) is 12.5. The molecule has 3 rings (SSSR count). The molecule has 20 heavy (non-hydrogen) atoms. The molecule has 0 spiro atoms. The summed E-state index contributed by atoms with van der Waals surface area (Å²) in [5, 5.41) is 0. The molecule has 5 heteroatoms. The lowest BCUT2D eigenvalue weighted by molar-refractivity contribution is -0.114. The first-order valence-electron chi connectivity index (χ1n) is 6.22. The number of carbonyl (C=O) groups excluding carboxylic acids is 2. The van der Waals surface area contributed by atoms with Crippen molar-refractivity contribution in [1.82, 2.24) is 4.98 Å². The zero-order chi connectivity index (χ0) is 14.1. The quantitative estimate of drug-likeness (QED) is 0.801. The second-order valence-electron chi connectivity index (χ2n) is 4.52. The molecule has 0 saturated carbocycles. The van der Waals surface area contributed by atoms with Crippen LogP contribution in [0.25, 0.3) is 0 Å². The first-order chi connectivity index (χ1) is 9.66. The second kappa shape index (κ2) is 4.85. The Morgan fingerprint density at radius 2 is 2.00 bits per heavy atom. The molecule has 1 aliphatic rings. The fourth-order valence-corrected chi connectivity index (χ4v) is 2.27. The summed E-state index contributed by atoms with van der Waals surface area (Å²) in [7, 11) is 0. The van der Waals surface area contributed by atoms with E-state index in [0.29, 0.717) is 18.7 Å². The molecule has 0 atom stereocenters. The number of ketones is 1. The number of fused-ring (bicyclic) bond motifs is 1. The largest absolute Gasteiger partial charge is 0.304 e. The van der Waals surface area contributed by atoms with Gasteiger partial charge in [0.15, 0.2) is 0 Å². The Bertz CT molecular complexity index is 686. The molecule has 1 amide bonds. The molecule has 2 heterocycles. The third-order valence-electron chi connectivity index (χ3n) is 3.25. The van der Waals surface area contributed by atoms with Gasteiger partial charge < -0.3 is 4.90 Å². The van der Waals surface area contributed by atoms with Gasteiger partial charge in [0.25, 0.3) is 11.7 Å². The number of benzene rings is 1. The van der Waals surface area contributed by atoms with Crippen LogP contribution in [0.15, 0.2) is 42.6 Å². The molecule has 0 radical (unpaired) electrons. The van der Waals surface area contributed by atoms with E-state index in [-0.39, 0.29) is 5.56 Å². The van der Waals surface area contributed by atoms with Crippen molar-refractivity contribution in [2.24, 2.45) is 0 Å². The highest BCUT2D eigenvalue weighted by Crippen LogP contribution is 2.29. The number of rotatable bonds is 3. The SMILES string of the molecule is O=C1C(=O)N(CCc2ccccn2)c2ccc(F)cc21. The molecular formula is C15H11FN2O2. The van der Waals surface area contributed by atoms with Crippen molar-refractivity contribution >= 4 is 17.4 Å². The van der Waals surface area contributed by atoms with Crippen molar-refractivity contribution in [3.8, 4) is 0 Å². The maximum Gasteiger partial charge on any atom is 0.299 e. The van der Waals surface area contributed by atoms with Crippen LogP contribution in [0.4, 0.5) is 10.1 Å². The predicted octanol–water partition coefficient (Wildman–Crippen LogP) is 1.99. The average molecular weight is 270 g/mol. The van der Waals surface area contributed by atoms with E-state index in [1.54, 1.807) is 6.20 Å². The number of amides is 1. The number of Topliss-reactive ketones (excluding diaryl/α,β-unsaturated/α-hetero) is 1. The summed E-state index contributed by atoms with van der Waals surface area (Å²) in [6, 6.07) is 9.35. The van der Waals surface area contributed by atoms with Gasteiger partial charge in [0.1, 0.15) is 5.82 Å². The molecular weight excluding hydrogens is 259 g/mol. The summed E-state index contributed by atoms with van der Waals surface area (Å²) in [5.74, 6) is -1.78. The third kappa shape index (κ3) is 2.07. The Balaban J connectivity index is 1.84. The molecule has 4 nitrogen and oxygen atoms in total. The number of carbonyl (C=O) groups is 2. The lowest BCUT2D eigenvalue weighted by Crippen LogP contribution is -2.31. The smallest absolute Gasteiger partial charge is 0.299 e. The summed E-state index contributed by atoms with van der Waals surface area (Å²) < 4.78 is 13.1. The highest BCUT2D eigenvalue weighted by Gasteiger charge is 2.35. The normalized spacial score (nSPS) is 13.8. The van der Waals surface area contributed by atoms with Crippen molar-refractivity contribution in [2.45, 2.75) is 6.42 Å². The minimum Gasteiger partial charge on any atom is -0.304 e. The van der Waals surface area contributed by atoms with E-state index in [4.69, 9.17) is 0 Å². The van der Waals surface area contributed by atoms with Gasteiger partial charge in [-0.15, -0.1) is 0 Å². The molecule has 100 valence electrons. The maximum atomic E-state index is 13.1. The monoisotopic (exact) mass is 270 g/mol. The van der Waals surface area contributed by atoms with Gasteiger partial charge in [-0.05, 0) is 30.3 Å². The van der Waals surface area contributed by atoms with E-state index < -0.39 is 17.5 Å². The summed E-state index contributed by atoms with van der Waals surface area (Å²) in [6.07, 6.45) is 2.21. The standard InChI is InChI=1S/C15H11FN2O2/c16-10-4-5-13-12(9-10)14(19)15(20)18(13)8-6-11-3-1-2-7-17-11/h1-5,7,9H,6,8H2. The molecule has 0 bridgehead atoms. The molecule has 0 saturated heterocycles. The predicted molar refractivity (Wildman–Crippen MR) is 71.0 cm³/mol. The van der Waals surface area contributed by atoms with Gasteiger partial charge in [-0.1, -0.05) is 6.07 Å². The van der Waals surface area contributed by atoms with E-state index in [2.05, 4.69) is 4.98 Å². The van der Waals surface area contributed by atoms with Gasteiger partial charge >= 0.3 is 0 Å². The summed E-state index contributed by atoms with van der Waals surface area (Å²) in [4.78, 5) is 29.3. The highest BCUT2D eigenvalue weighted by atomic mass is 19.1. The minimum absolute atomic E-state index is 0.135. The molecule has 0 unspecified atom stereocenters. The number of aromatic nitrogens is 1. The summed E-state index contributed by atoms with van der Waals surface area (Å²) in [6.45, 7) is 0.347. The first-order valence-corrected chi connectivity index (χ1v) is 6.22. The Kier molecular flexibility index (Phi) is 3.02. The number of hydrogen-bond acceptors (Lipinski definition) is 3. The third-order valence-corrected chi connectivity index (χ3v) is 3.25.